The Morgan fingerprint density at radius 3 is 2.90 bits per heavy atom. The van der Waals surface area contributed by atoms with Crippen LogP contribution in [-0.4, -0.2) is 31.3 Å². The number of hydrogen-bond acceptors (Lipinski definition) is 4. The van der Waals surface area contributed by atoms with Gasteiger partial charge in [0.2, 0.25) is 0 Å². The van der Waals surface area contributed by atoms with Gasteiger partial charge in [0.05, 0.1) is 11.8 Å². The first-order valence-corrected chi connectivity index (χ1v) is 7.64. The van der Waals surface area contributed by atoms with Gasteiger partial charge >= 0.3 is 0 Å². The number of hydrogen-bond donors (Lipinski definition) is 2. The molecule has 1 aromatic carbocycles. The highest BCUT2D eigenvalue weighted by molar-refractivity contribution is 5.63. The molecule has 0 aromatic heterocycles. The number of benzene rings is 1. The van der Waals surface area contributed by atoms with E-state index in [1.165, 1.54) is 24.9 Å². The first kappa shape index (κ1) is 13.6. The van der Waals surface area contributed by atoms with E-state index in [2.05, 4.69) is 22.3 Å². The topological polar surface area (TPSA) is 50.5 Å². The summed E-state index contributed by atoms with van der Waals surface area (Å²) in [5, 5.41) is 3.69. The molecule has 2 heterocycles. The summed E-state index contributed by atoms with van der Waals surface area (Å²) in [6.07, 6.45) is 3.98. The molecule has 0 saturated carbocycles. The van der Waals surface area contributed by atoms with Crippen LogP contribution in [0.2, 0.25) is 0 Å². The van der Waals surface area contributed by atoms with E-state index < -0.39 is 0 Å². The molecule has 3 N–H and O–H groups in total. The predicted molar refractivity (Wildman–Crippen MR) is 83.4 cm³/mol. The number of anilines is 2. The number of rotatable bonds is 3. The van der Waals surface area contributed by atoms with Crippen LogP contribution in [0.3, 0.4) is 0 Å². The quantitative estimate of drug-likeness (QED) is 0.832. The number of nitrogens with zero attached hydrogens (tertiary/aromatic N) is 1. The standard InChI is InChI=1S/C16H25N3O/c1-12(2)20-15-10-13(4-5-14(15)17)19-9-7-16(11-19)6-3-8-18-16/h4-5,10,12,18H,3,6-9,11,17H2,1-2H3. The smallest absolute Gasteiger partial charge is 0.144 e. The molecule has 2 aliphatic heterocycles. The van der Waals surface area contributed by atoms with E-state index in [0.717, 1.165) is 31.1 Å². The van der Waals surface area contributed by atoms with E-state index in [9.17, 15) is 0 Å². The average molecular weight is 275 g/mol. The Labute approximate surface area is 121 Å². The monoisotopic (exact) mass is 275 g/mol. The van der Waals surface area contributed by atoms with E-state index in [1.54, 1.807) is 0 Å². The van der Waals surface area contributed by atoms with Crippen molar-refractivity contribution in [1.82, 2.24) is 5.32 Å². The molecule has 4 heteroatoms. The fraction of sp³-hybridized carbons (Fsp3) is 0.625. The van der Waals surface area contributed by atoms with Gasteiger partial charge < -0.3 is 20.7 Å². The molecule has 0 radical (unpaired) electrons. The lowest BCUT2D eigenvalue weighted by Gasteiger charge is -2.26. The lowest BCUT2D eigenvalue weighted by atomic mass is 9.97. The molecular formula is C16H25N3O. The second-order valence-electron chi connectivity index (χ2n) is 6.37. The summed E-state index contributed by atoms with van der Waals surface area (Å²) in [7, 11) is 0. The molecule has 0 bridgehead atoms. The van der Waals surface area contributed by atoms with E-state index >= 15 is 0 Å². The Balaban J connectivity index is 1.77. The van der Waals surface area contributed by atoms with Crippen LogP contribution in [0.25, 0.3) is 0 Å². The fourth-order valence-corrected chi connectivity index (χ4v) is 3.39. The van der Waals surface area contributed by atoms with E-state index in [4.69, 9.17) is 10.5 Å². The molecule has 1 unspecified atom stereocenters. The van der Waals surface area contributed by atoms with Gasteiger partial charge in [0, 0.05) is 30.4 Å². The Kier molecular flexibility index (Phi) is 3.50. The van der Waals surface area contributed by atoms with Gasteiger partial charge in [0.15, 0.2) is 0 Å². The molecule has 0 amide bonds. The Morgan fingerprint density at radius 1 is 1.35 bits per heavy atom. The molecule has 2 fully saturated rings. The maximum Gasteiger partial charge on any atom is 0.144 e. The number of nitrogens with one attached hydrogen (secondary N) is 1. The SMILES string of the molecule is CC(C)Oc1cc(N2CCC3(CCCN3)C2)ccc1N. The van der Waals surface area contributed by atoms with Crippen LogP contribution in [0, 0.1) is 0 Å². The van der Waals surface area contributed by atoms with E-state index in [-0.39, 0.29) is 6.10 Å². The molecule has 1 atom stereocenters. The van der Waals surface area contributed by atoms with Crippen molar-refractivity contribution in [1.29, 1.82) is 0 Å². The largest absolute Gasteiger partial charge is 0.489 e. The molecule has 3 rings (SSSR count). The molecule has 0 aliphatic carbocycles. The van der Waals surface area contributed by atoms with Crippen molar-refractivity contribution in [2.24, 2.45) is 0 Å². The van der Waals surface area contributed by atoms with Crippen molar-refractivity contribution in [3.63, 3.8) is 0 Å². The van der Waals surface area contributed by atoms with Crippen LogP contribution in [0.1, 0.15) is 33.1 Å². The molecule has 2 saturated heterocycles. The minimum absolute atomic E-state index is 0.147. The van der Waals surface area contributed by atoms with Crippen molar-refractivity contribution < 1.29 is 4.74 Å². The van der Waals surface area contributed by atoms with Gasteiger partial charge in [-0.1, -0.05) is 0 Å². The maximum absolute atomic E-state index is 6.00. The van der Waals surface area contributed by atoms with Crippen LogP contribution >= 0.6 is 0 Å². The van der Waals surface area contributed by atoms with Gasteiger partial charge in [-0.2, -0.15) is 0 Å². The van der Waals surface area contributed by atoms with Crippen molar-refractivity contribution in [3.05, 3.63) is 18.2 Å². The van der Waals surface area contributed by atoms with Gasteiger partial charge in [-0.3, -0.25) is 0 Å². The molecule has 1 aromatic rings. The van der Waals surface area contributed by atoms with Gasteiger partial charge in [0.1, 0.15) is 5.75 Å². The highest BCUT2D eigenvalue weighted by Crippen LogP contribution is 2.35. The summed E-state index contributed by atoms with van der Waals surface area (Å²) in [5.41, 5.74) is 8.28. The van der Waals surface area contributed by atoms with Crippen LogP contribution in [0.5, 0.6) is 5.75 Å². The summed E-state index contributed by atoms with van der Waals surface area (Å²) < 4.78 is 5.79. The molecule has 20 heavy (non-hydrogen) atoms. The zero-order valence-corrected chi connectivity index (χ0v) is 12.5. The minimum Gasteiger partial charge on any atom is -0.489 e. The van der Waals surface area contributed by atoms with Crippen LogP contribution < -0.4 is 20.7 Å². The lowest BCUT2D eigenvalue weighted by Crippen LogP contribution is -2.42. The molecule has 1 spiro atoms. The van der Waals surface area contributed by atoms with Crippen LogP contribution in [-0.2, 0) is 0 Å². The zero-order chi connectivity index (χ0) is 14.2. The van der Waals surface area contributed by atoms with Crippen LogP contribution in [0.15, 0.2) is 18.2 Å². The summed E-state index contributed by atoms with van der Waals surface area (Å²) in [6, 6.07) is 6.15. The first-order chi connectivity index (χ1) is 9.58. The van der Waals surface area contributed by atoms with Crippen molar-refractivity contribution >= 4 is 11.4 Å². The highest BCUT2D eigenvalue weighted by atomic mass is 16.5. The van der Waals surface area contributed by atoms with Gasteiger partial charge in [-0.05, 0) is 51.8 Å². The van der Waals surface area contributed by atoms with Crippen molar-refractivity contribution in [2.45, 2.75) is 44.8 Å². The fourth-order valence-electron chi connectivity index (χ4n) is 3.39. The van der Waals surface area contributed by atoms with E-state index in [0.29, 0.717) is 5.54 Å². The third kappa shape index (κ3) is 2.57. The molecular weight excluding hydrogens is 250 g/mol. The third-order valence-electron chi connectivity index (χ3n) is 4.41. The summed E-state index contributed by atoms with van der Waals surface area (Å²) in [4.78, 5) is 2.45. The number of ether oxygens (including phenoxy) is 1. The second kappa shape index (κ2) is 5.17. The summed E-state index contributed by atoms with van der Waals surface area (Å²) >= 11 is 0. The molecule has 110 valence electrons. The lowest BCUT2D eigenvalue weighted by molar-refractivity contribution is 0.244. The summed E-state index contributed by atoms with van der Waals surface area (Å²) in [6.45, 7) is 7.42. The Bertz CT molecular complexity index is 481. The van der Waals surface area contributed by atoms with Gasteiger partial charge in [-0.15, -0.1) is 0 Å². The number of nitrogen functional groups attached to an aromatic ring is 1. The van der Waals surface area contributed by atoms with Gasteiger partial charge in [-0.25, -0.2) is 0 Å². The molecule has 2 aliphatic rings. The average Bonchev–Trinajstić information content (AvgIpc) is 3.03. The van der Waals surface area contributed by atoms with Crippen LogP contribution in [0.4, 0.5) is 11.4 Å². The second-order valence-corrected chi connectivity index (χ2v) is 6.37. The Morgan fingerprint density at radius 2 is 2.20 bits per heavy atom. The molecule has 4 nitrogen and oxygen atoms in total. The third-order valence-corrected chi connectivity index (χ3v) is 4.41. The zero-order valence-electron chi connectivity index (χ0n) is 12.5. The van der Waals surface area contributed by atoms with Crippen molar-refractivity contribution in [3.8, 4) is 5.75 Å². The summed E-state index contributed by atoms with van der Waals surface area (Å²) in [5.74, 6) is 0.804. The van der Waals surface area contributed by atoms with Gasteiger partial charge in [0.25, 0.3) is 0 Å². The van der Waals surface area contributed by atoms with E-state index in [1.807, 2.05) is 19.9 Å². The Hall–Kier alpha value is -1.42. The maximum atomic E-state index is 6.00. The number of nitrogens with two attached hydrogens (primary N) is 1. The highest BCUT2D eigenvalue weighted by Gasteiger charge is 2.40. The van der Waals surface area contributed by atoms with Crippen molar-refractivity contribution in [2.75, 3.05) is 30.3 Å². The predicted octanol–water partition coefficient (Wildman–Crippen LogP) is 2.39. The normalized spacial score (nSPS) is 25.9. The minimum atomic E-state index is 0.147. The first-order valence-electron chi connectivity index (χ1n) is 7.64.